The van der Waals surface area contributed by atoms with Crippen LogP contribution in [0.1, 0.15) is 26.0 Å². The van der Waals surface area contributed by atoms with Gasteiger partial charge in [-0.2, -0.15) is 0 Å². The molecule has 0 atom stereocenters. The maximum Gasteiger partial charge on any atom is 0.223 e. The van der Waals surface area contributed by atoms with Crippen molar-refractivity contribution in [1.82, 2.24) is 10.2 Å². The predicted octanol–water partition coefficient (Wildman–Crippen LogP) is 2.78. The Morgan fingerprint density at radius 1 is 1.25 bits per heavy atom. The zero-order chi connectivity index (χ0) is 14.4. The van der Waals surface area contributed by atoms with Crippen LogP contribution in [0.3, 0.4) is 0 Å². The van der Waals surface area contributed by atoms with Crippen molar-refractivity contribution < 1.29 is 9.21 Å². The number of benzene rings is 1. The number of furan rings is 1. The third-order valence-corrected chi connectivity index (χ3v) is 3.41. The molecule has 20 heavy (non-hydrogen) atoms. The van der Waals surface area contributed by atoms with Gasteiger partial charge in [0, 0.05) is 31.4 Å². The smallest absolute Gasteiger partial charge is 0.223 e. The molecule has 0 aliphatic heterocycles. The third kappa shape index (κ3) is 3.61. The first-order valence-corrected chi connectivity index (χ1v) is 7.20. The molecular formula is C16H22N2O2. The number of nitrogens with one attached hydrogen (secondary N) is 1. The van der Waals surface area contributed by atoms with Crippen LogP contribution >= 0.6 is 0 Å². The minimum atomic E-state index is 0.201. The summed E-state index contributed by atoms with van der Waals surface area (Å²) in [4.78, 5) is 13.7. The Labute approximate surface area is 119 Å². The second-order valence-electron chi connectivity index (χ2n) is 4.74. The first-order valence-electron chi connectivity index (χ1n) is 7.20. The van der Waals surface area contributed by atoms with Crippen LogP contribution in [0.25, 0.3) is 11.0 Å². The Balaban J connectivity index is 1.77. The summed E-state index contributed by atoms with van der Waals surface area (Å²) in [5, 5.41) is 4.37. The molecule has 1 amide bonds. The number of carbonyl (C=O) groups excluding carboxylic acids is 1. The van der Waals surface area contributed by atoms with Gasteiger partial charge >= 0.3 is 0 Å². The van der Waals surface area contributed by atoms with E-state index in [0.29, 0.717) is 19.5 Å². The Morgan fingerprint density at radius 3 is 2.70 bits per heavy atom. The van der Waals surface area contributed by atoms with Crippen LogP contribution in [0.15, 0.2) is 34.7 Å². The molecule has 1 aromatic carbocycles. The lowest BCUT2D eigenvalue weighted by Gasteiger charge is -2.18. The number of rotatable bonds is 7. The molecule has 0 saturated heterocycles. The molecule has 2 aromatic rings. The van der Waals surface area contributed by atoms with Gasteiger partial charge in [0.2, 0.25) is 5.91 Å². The zero-order valence-corrected chi connectivity index (χ0v) is 12.2. The van der Waals surface area contributed by atoms with Crippen molar-refractivity contribution in [3.63, 3.8) is 0 Å². The van der Waals surface area contributed by atoms with Gasteiger partial charge in [0.05, 0.1) is 6.54 Å². The molecule has 0 spiro atoms. The predicted molar refractivity (Wildman–Crippen MR) is 80.5 cm³/mol. The molecule has 0 unspecified atom stereocenters. The van der Waals surface area contributed by atoms with Crippen molar-refractivity contribution in [3.05, 3.63) is 36.1 Å². The summed E-state index contributed by atoms with van der Waals surface area (Å²) in [6, 6.07) is 9.99. The monoisotopic (exact) mass is 274 g/mol. The van der Waals surface area contributed by atoms with Gasteiger partial charge in [0.1, 0.15) is 11.3 Å². The van der Waals surface area contributed by atoms with Crippen molar-refractivity contribution >= 4 is 16.9 Å². The molecule has 0 radical (unpaired) electrons. The second kappa shape index (κ2) is 7.10. The van der Waals surface area contributed by atoms with Crippen molar-refractivity contribution in [1.29, 1.82) is 0 Å². The summed E-state index contributed by atoms with van der Waals surface area (Å²) < 4.78 is 5.71. The van der Waals surface area contributed by atoms with E-state index in [1.807, 2.05) is 49.1 Å². The van der Waals surface area contributed by atoms with Crippen LogP contribution in [0.2, 0.25) is 0 Å². The Bertz CT molecular complexity index is 525. The lowest BCUT2D eigenvalue weighted by atomic mass is 10.2. The number of nitrogens with zero attached hydrogens (tertiary/aromatic N) is 1. The molecule has 1 N–H and O–H groups in total. The number of carbonyl (C=O) groups is 1. The van der Waals surface area contributed by atoms with Gasteiger partial charge in [-0.3, -0.25) is 4.79 Å². The van der Waals surface area contributed by atoms with E-state index in [-0.39, 0.29) is 5.91 Å². The van der Waals surface area contributed by atoms with E-state index in [1.165, 1.54) is 0 Å². The SMILES string of the molecule is CCN(CC)C(=O)CCNCc1cc2ccccc2o1. The largest absolute Gasteiger partial charge is 0.460 e. The minimum Gasteiger partial charge on any atom is -0.460 e. The summed E-state index contributed by atoms with van der Waals surface area (Å²) in [6.45, 7) is 6.89. The molecule has 108 valence electrons. The lowest BCUT2D eigenvalue weighted by molar-refractivity contribution is -0.130. The highest BCUT2D eigenvalue weighted by atomic mass is 16.3. The van der Waals surface area contributed by atoms with Gasteiger partial charge in [0.15, 0.2) is 0 Å². The molecular weight excluding hydrogens is 252 g/mol. The first kappa shape index (κ1) is 14.6. The Morgan fingerprint density at radius 2 is 2.00 bits per heavy atom. The van der Waals surface area contributed by atoms with Crippen molar-refractivity contribution in [3.8, 4) is 0 Å². The topological polar surface area (TPSA) is 45.5 Å². The first-order chi connectivity index (χ1) is 9.74. The number of para-hydroxylation sites is 1. The lowest BCUT2D eigenvalue weighted by Crippen LogP contribution is -2.32. The number of hydrogen-bond acceptors (Lipinski definition) is 3. The summed E-state index contributed by atoms with van der Waals surface area (Å²) >= 11 is 0. The summed E-state index contributed by atoms with van der Waals surface area (Å²) in [5.41, 5.74) is 0.906. The average molecular weight is 274 g/mol. The van der Waals surface area contributed by atoms with Gasteiger partial charge in [-0.25, -0.2) is 0 Å². The maximum absolute atomic E-state index is 11.8. The van der Waals surface area contributed by atoms with E-state index >= 15 is 0 Å². The van der Waals surface area contributed by atoms with E-state index in [2.05, 4.69) is 5.32 Å². The number of fused-ring (bicyclic) bond motifs is 1. The fourth-order valence-electron chi connectivity index (χ4n) is 2.27. The van der Waals surface area contributed by atoms with Gasteiger partial charge in [-0.1, -0.05) is 18.2 Å². The van der Waals surface area contributed by atoms with E-state index in [4.69, 9.17) is 4.42 Å². The summed E-state index contributed by atoms with van der Waals surface area (Å²) in [5.74, 6) is 1.11. The second-order valence-corrected chi connectivity index (χ2v) is 4.74. The molecule has 4 nitrogen and oxygen atoms in total. The van der Waals surface area contributed by atoms with Gasteiger partial charge in [-0.15, -0.1) is 0 Å². The highest BCUT2D eigenvalue weighted by Gasteiger charge is 2.08. The molecule has 1 aromatic heterocycles. The van der Waals surface area contributed by atoms with Crippen LogP contribution in [-0.2, 0) is 11.3 Å². The molecule has 0 aliphatic carbocycles. The highest BCUT2D eigenvalue weighted by Crippen LogP contribution is 2.18. The van der Waals surface area contributed by atoms with E-state index < -0.39 is 0 Å². The van der Waals surface area contributed by atoms with Crippen LogP contribution in [-0.4, -0.2) is 30.4 Å². The number of amides is 1. The van der Waals surface area contributed by atoms with Crippen LogP contribution < -0.4 is 5.32 Å². The normalized spacial score (nSPS) is 10.9. The van der Waals surface area contributed by atoms with Crippen LogP contribution in [0.4, 0.5) is 0 Å². The van der Waals surface area contributed by atoms with Gasteiger partial charge in [0.25, 0.3) is 0 Å². The van der Waals surface area contributed by atoms with Gasteiger partial charge in [-0.05, 0) is 26.0 Å². The maximum atomic E-state index is 11.8. The molecule has 4 heteroatoms. The average Bonchev–Trinajstić information content (AvgIpc) is 2.87. The highest BCUT2D eigenvalue weighted by molar-refractivity contribution is 5.77. The Hall–Kier alpha value is -1.81. The minimum absolute atomic E-state index is 0.201. The Kier molecular flexibility index (Phi) is 5.18. The molecule has 0 saturated carbocycles. The van der Waals surface area contributed by atoms with E-state index in [1.54, 1.807) is 0 Å². The number of hydrogen-bond donors (Lipinski definition) is 1. The van der Waals surface area contributed by atoms with Gasteiger partial charge < -0.3 is 14.6 Å². The van der Waals surface area contributed by atoms with Crippen LogP contribution in [0, 0.1) is 0 Å². The van der Waals surface area contributed by atoms with Crippen molar-refractivity contribution in [2.45, 2.75) is 26.8 Å². The third-order valence-electron chi connectivity index (χ3n) is 3.41. The standard InChI is InChI=1S/C16H22N2O2/c1-3-18(4-2)16(19)9-10-17-12-14-11-13-7-5-6-8-15(13)20-14/h5-8,11,17H,3-4,9-10,12H2,1-2H3. The quantitative estimate of drug-likeness (QED) is 0.790. The zero-order valence-electron chi connectivity index (χ0n) is 12.2. The molecule has 1 heterocycles. The fourth-order valence-corrected chi connectivity index (χ4v) is 2.27. The summed E-state index contributed by atoms with van der Waals surface area (Å²) in [6.07, 6.45) is 0.530. The van der Waals surface area contributed by atoms with Crippen LogP contribution in [0.5, 0.6) is 0 Å². The molecule has 2 rings (SSSR count). The van der Waals surface area contributed by atoms with E-state index in [9.17, 15) is 4.79 Å². The summed E-state index contributed by atoms with van der Waals surface area (Å²) in [7, 11) is 0. The molecule has 0 fully saturated rings. The fraction of sp³-hybridized carbons (Fsp3) is 0.438. The molecule has 0 aliphatic rings. The van der Waals surface area contributed by atoms with Crippen molar-refractivity contribution in [2.75, 3.05) is 19.6 Å². The van der Waals surface area contributed by atoms with E-state index in [0.717, 1.165) is 29.8 Å². The van der Waals surface area contributed by atoms with Crippen molar-refractivity contribution in [2.24, 2.45) is 0 Å². The molecule has 0 bridgehead atoms.